The van der Waals surface area contributed by atoms with Gasteiger partial charge in [0.2, 0.25) is 5.91 Å². The third kappa shape index (κ3) is 5.60. The third-order valence-corrected chi connectivity index (χ3v) is 6.43. The molecule has 2 bridgehead atoms. The molecule has 1 aromatic heterocycles. The first-order valence-corrected chi connectivity index (χ1v) is 10.1. The van der Waals surface area contributed by atoms with Crippen LogP contribution in [0.4, 0.5) is 5.69 Å². The van der Waals surface area contributed by atoms with E-state index in [2.05, 4.69) is 15.3 Å². The molecule has 4 rings (SSSR count). The van der Waals surface area contributed by atoms with Crippen LogP contribution in [0.3, 0.4) is 0 Å². The number of ether oxygens (including phenoxy) is 1. The fourth-order valence-electron chi connectivity index (χ4n) is 4.87. The smallest absolute Gasteiger partial charge is 0.227 e. The number of hydrogen-bond donors (Lipinski definition) is 2. The number of halogens is 2. The first-order chi connectivity index (χ1) is 12.7. The molecule has 0 spiro atoms. The van der Waals surface area contributed by atoms with E-state index in [1.54, 1.807) is 6.20 Å². The Labute approximate surface area is 179 Å². The Kier molecular flexibility index (Phi) is 9.02. The molecular formula is C19H33Cl2N5O2. The van der Waals surface area contributed by atoms with Gasteiger partial charge in [-0.3, -0.25) is 14.4 Å². The first-order valence-electron chi connectivity index (χ1n) is 10.1. The van der Waals surface area contributed by atoms with Crippen molar-refractivity contribution in [2.45, 2.75) is 44.7 Å². The number of aromatic nitrogens is 2. The zero-order valence-electron chi connectivity index (χ0n) is 16.3. The van der Waals surface area contributed by atoms with Gasteiger partial charge in [-0.15, -0.1) is 24.8 Å². The molecule has 1 amide bonds. The van der Waals surface area contributed by atoms with E-state index in [0.717, 1.165) is 57.9 Å². The number of nitrogens with one attached hydrogen (secondary N) is 1. The summed E-state index contributed by atoms with van der Waals surface area (Å²) in [5.74, 6) is 1.28. The fraction of sp³-hybridized carbons (Fsp3) is 0.789. The number of morpholine rings is 1. The van der Waals surface area contributed by atoms with Gasteiger partial charge < -0.3 is 15.8 Å². The summed E-state index contributed by atoms with van der Waals surface area (Å²) in [6, 6.07) is 0.302. The van der Waals surface area contributed by atoms with Crippen LogP contribution < -0.4 is 11.1 Å². The maximum Gasteiger partial charge on any atom is 0.227 e. The molecule has 2 unspecified atom stereocenters. The topological polar surface area (TPSA) is 85.4 Å². The average molecular weight is 434 g/mol. The van der Waals surface area contributed by atoms with Crippen LogP contribution in [0.1, 0.15) is 32.1 Å². The molecule has 9 heteroatoms. The summed E-state index contributed by atoms with van der Waals surface area (Å²) in [5.41, 5.74) is 7.14. The van der Waals surface area contributed by atoms with Crippen LogP contribution in [0.25, 0.3) is 0 Å². The van der Waals surface area contributed by atoms with E-state index in [4.69, 9.17) is 10.5 Å². The number of nitrogens with zero attached hydrogens (tertiary/aromatic N) is 3. The molecule has 3 N–H and O–H groups in total. The molecule has 3 aliphatic rings. The summed E-state index contributed by atoms with van der Waals surface area (Å²) in [5, 5.41) is 7.47. The summed E-state index contributed by atoms with van der Waals surface area (Å²) in [6.45, 7) is 5.38. The summed E-state index contributed by atoms with van der Waals surface area (Å²) in [4.78, 5) is 15.1. The SMILES string of the molecule is Cl.Cl.NC1C2CCCC1CC(C(=O)Nc1cnn(CCN3CCOCC3)c1)C2. The molecule has 1 saturated heterocycles. The Balaban J connectivity index is 0.00000140. The molecule has 1 aliphatic heterocycles. The molecule has 0 aromatic carbocycles. The van der Waals surface area contributed by atoms with Crippen LogP contribution >= 0.6 is 24.8 Å². The van der Waals surface area contributed by atoms with Crippen molar-refractivity contribution >= 4 is 36.4 Å². The lowest BCUT2D eigenvalue weighted by molar-refractivity contribution is -0.122. The molecule has 3 fully saturated rings. The molecule has 160 valence electrons. The van der Waals surface area contributed by atoms with E-state index < -0.39 is 0 Å². The van der Waals surface area contributed by atoms with E-state index in [0.29, 0.717) is 17.9 Å². The number of fused-ring (bicyclic) bond motifs is 2. The van der Waals surface area contributed by atoms with Gasteiger partial charge in [0.05, 0.1) is 31.6 Å². The van der Waals surface area contributed by atoms with Crippen LogP contribution in [0.2, 0.25) is 0 Å². The predicted molar refractivity (Wildman–Crippen MR) is 114 cm³/mol. The van der Waals surface area contributed by atoms with Crippen LogP contribution in [0.15, 0.2) is 12.4 Å². The Hall–Kier alpha value is -0.860. The van der Waals surface area contributed by atoms with Gasteiger partial charge in [0.1, 0.15) is 0 Å². The molecule has 0 radical (unpaired) electrons. The van der Waals surface area contributed by atoms with Gasteiger partial charge in [0.15, 0.2) is 0 Å². The van der Waals surface area contributed by atoms with E-state index >= 15 is 0 Å². The zero-order chi connectivity index (χ0) is 17.9. The highest BCUT2D eigenvalue weighted by molar-refractivity contribution is 5.92. The number of amides is 1. The molecule has 2 heterocycles. The maximum atomic E-state index is 12.7. The fourth-order valence-corrected chi connectivity index (χ4v) is 4.87. The second-order valence-corrected chi connectivity index (χ2v) is 8.13. The van der Waals surface area contributed by atoms with Crippen molar-refractivity contribution in [3.05, 3.63) is 12.4 Å². The van der Waals surface area contributed by atoms with Gasteiger partial charge >= 0.3 is 0 Å². The maximum absolute atomic E-state index is 12.7. The van der Waals surface area contributed by atoms with Crippen molar-refractivity contribution in [1.29, 1.82) is 0 Å². The van der Waals surface area contributed by atoms with Gasteiger partial charge in [-0.2, -0.15) is 5.10 Å². The van der Waals surface area contributed by atoms with Crippen molar-refractivity contribution in [3.63, 3.8) is 0 Å². The first kappa shape index (κ1) is 23.4. The lowest BCUT2D eigenvalue weighted by Gasteiger charge is -2.43. The van der Waals surface area contributed by atoms with Crippen LogP contribution in [0, 0.1) is 17.8 Å². The quantitative estimate of drug-likeness (QED) is 0.742. The monoisotopic (exact) mass is 433 g/mol. The molecular weight excluding hydrogens is 401 g/mol. The highest BCUT2D eigenvalue weighted by atomic mass is 35.5. The second-order valence-electron chi connectivity index (χ2n) is 8.13. The lowest BCUT2D eigenvalue weighted by Crippen LogP contribution is -2.48. The van der Waals surface area contributed by atoms with Crippen molar-refractivity contribution in [2.24, 2.45) is 23.5 Å². The molecule has 2 aliphatic carbocycles. The average Bonchev–Trinajstić information content (AvgIpc) is 3.08. The predicted octanol–water partition coefficient (Wildman–Crippen LogP) is 2.15. The van der Waals surface area contributed by atoms with Crippen molar-refractivity contribution in [2.75, 3.05) is 38.2 Å². The standard InChI is InChI=1S/C19H31N5O2.2ClH/c20-18-14-2-1-3-15(18)11-16(10-14)19(25)22-17-12-21-24(13-17)5-4-23-6-8-26-9-7-23;;/h12-16,18H,1-11,20H2,(H,22,25);2*1H. The van der Waals surface area contributed by atoms with Crippen LogP contribution in [0.5, 0.6) is 0 Å². The number of carbonyl (C=O) groups excluding carboxylic acids is 1. The van der Waals surface area contributed by atoms with Crippen molar-refractivity contribution in [1.82, 2.24) is 14.7 Å². The number of carbonyl (C=O) groups is 1. The second kappa shape index (κ2) is 10.8. The Morgan fingerprint density at radius 3 is 2.54 bits per heavy atom. The van der Waals surface area contributed by atoms with Crippen molar-refractivity contribution < 1.29 is 9.53 Å². The lowest BCUT2D eigenvalue weighted by atomic mass is 9.65. The highest BCUT2D eigenvalue weighted by Gasteiger charge is 2.40. The number of nitrogens with two attached hydrogens (primary N) is 1. The van der Waals surface area contributed by atoms with Crippen molar-refractivity contribution in [3.8, 4) is 0 Å². The van der Waals surface area contributed by atoms with Crippen LogP contribution in [-0.2, 0) is 16.1 Å². The van der Waals surface area contributed by atoms with Gasteiger partial charge in [0, 0.05) is 37.8 Å². The third-order valence-electron chi connectivity index (χ3n) is 6.43. The van der Waals surface area contributed by atoms with E-state index in [1.165, 1.54) is 19.3 Å². The molecule has 1 aromatic rings. The summed E-state index contributed by atoms with van der Waals surface area (Å²) in [6.07, 6.45) is 9.21. The van der Waals surface area contributed by atoms with E-state index in [-0.39, 0.29) is 36.6 Å². The van der Waals surface area contributed by atoms with E-state index in [9.17, 15) is 4.79 Å². The van der Waals surface area contributed by atoms with Gasteiger partial charge in [-0.25, -0.2) is 0 Å². The number of rotatable bonds is 5. The Morgan fingerprint density at radius 1 is 1.18 bits per heavy atom. The minimum atomic E-state index is 0. The number of hydrogen-bond acceptors (Lipinski definition) is 5. The normalized spacial score (nSPS) is 30.0. The van der Waals surface area contributed by atoms with Gasteiger partial charge in [-0.05, 0) is 37.5 Å². The minimum absolute atomic E-state index is 0. The zero-order valence-corrected chi connectivity index (χ0v) is 17.9. The van der Waals surface area contributed by atoms with Gasteiger partial charge in [-0.1, -0.05) is 6.42 Å². The summed E-state index contributed by atoms with van der Waals surface area (Å²) in [7, 11) is 0. The highest BCUT2D eigenvalue weighted by Crippen LogP contribution is 2.42. The van der Waals surface area contributed by atoms with Gasteiger partial charge in [0.25, 0.3) is 0 Å². The minimum Gasteiger partial charge on any atom is -0.379 e. The summed E-state index contributed by atoms with van der Waals surface area (Å²) < 4.78 is 7.28. The molecule has 7 nitrogen and oxygen atoms in total. The number of anilines is 1. The largest absolute Gasteiger partial charge is 0.379 e. The van der Waals surface area contributed by atoms with E-state index in [1.807, 2.05) is 10.9 Å². The Morgan fingerprint density at radius 2 is 1.86 bits per heavy atom. The molecule has 2 saturated carbocycles. The molecule has 28 heavy (non-hydrogen) atoms. The summed E-state index contributed by atoms with van der Waals surface area (Å²) >= 11 is 0. The Bertz CT molecular complexity index is 609. The van der Waals surface area contributed by atoms with Crippen LogP contribution in [-0.4, -0.2) is 59.5 Å². The molecule has 2 atom stereocenters.